The number of nitrogens with zero attached hydrogens (tertiary/aromatic N) is 1. The Labute approximate surface area is 116 Å². The summed E-state index contributed by atoms with van der Waals surface area (Å²) in [6, 6.07) is 0.917. The standard InChI is InChI=1S/C9H13N2O9P/c12-3-4-9(16,21(17,18)19)6(14)7(20-4)11-2-1-5(13)10-8(11)15/h1-2,4,6-7,12,14,16H,3H2,(H,10,13,15)(H2,17,18,19)/t4-,6+,7-,9+/m1/s1. The van der Waals surface area contributed by atoms with Gasteiger partial charge < -0.3 is 29.8 Å². The minimum absolute atomic E-state index is 0.641. The fraction of sp³-hybridized carbons (Fsp3) is 0.556. The van der Waals surface area contributed by atoms with Crippen LogP contribution in [0, 0.1) is 0 Å². The van der Waals surface area contributed by atoms with Crippen molar-refractivity contribution in [3.8, 4) is 0 Å². The molecule has 1 aliphatic rings. The van der Waals surface area contributed by atoms with E-state index in [2.05, 4.69) is 0 Å². The molecular formula is C9H13N2O9P. The lowest BCUT2D eigenvalue weighted by atomic mass is 10.1. The van der Waals surface area contributed by atoms with Crippen LogP contribution in [0.1, 0.15) is 6.23 Å². The van der Waals surface area contributed by atoms with Gasteiger partial charge >= 0.3 is 13.3 Å². The quantitative estimate of drug-likeness (QED) is 0.309. The maximum Gasteiger partial charge on any atom is 0.362 e. The van der Waals surface area contributed by atoms with Crippen LogP contribution in [-0.2, 0) is 9.30 Å². The molecule has 1 aromatic rings. The molecular weight excluding hydrogens is 311 g/mol. The maximum absolute atomic E-state index is 11.6. The van der Waals surface area contributed by atoms with E-state index in [0.717, 1.165) is 12.3 Å². The molecule has 1 saturated heterocycles. The molecule has 21 heavy (non-hydrogen) atoms. The molecule has 1 aromatic heterocycles. The fourth-order valence-electron chi connectivity index (χ4n) is 2.13. The Balaban J connectivity index is 2.52. The molecule has 118 valence electrons. The SMILES string of the molecule is O=c1ccn([C@@H]2O[C@H](CO)[C@](O)(P(=O)(O)O)[C@H]2O)c(=O)[nH]1. The van der Waals surface area contributed by atoms with Gasteiger partial charge in [0.1, 0.15) is 12.2 Å². The van der Waals surface area contributed by atoms with Gasteiger partial charge in [-0.3, -0.25) is 18.9 Å². The molecule has 12 heteroatoms. The summed E-state index contributed by atoms with van der Waals surface area (Å²) >= 11 is 0. The summed E-state index contributed by atoms with van der Waals surface area (Å²) in [5.74, 6) is 0. The first-order valence-electron chi connectivity index (χ1n) is 5.66. The van der Waals surface area contributed by atoms with Crippen LogP contribution < -0.4 is 11.2 Å². The van der Waals surface area contributed by atoms with Crippen molar-refractivity contribution in [2.24, 2.45) is 0 Å². The second-order valence-corrected chi connectivity index (χ2v) is 6.29. The van der Waals surface area contributed by atoms with E-state index in [4.69, 9.17) is 9.84 Å². The summed E-state index contributed by atoms with van der Waals surface area (Å²) in [6.45, 7) is -1.01. The monoisotopic (exact) mass is 324 g/mol. The van der Waals surface area contributed by atoms with E-state index in [1.54, 1.807) is 0 Å². The van der Waals surface area contributed by atoms with Crippen molar-refractivity contribution in [1.82, 2.24) is 9.55 Å². The normalized spacial score (nSPS) is 33.3. The van der Waals surface area contributed by atoms with E-state index in [1.165, 1.54) is 0 Å². The number of aromatic amines is 1. The van der Waals surface area contributed by atoms with Crippen LogP contribution in [0.15, 0.2) is 21.9 Å². The number of H-pyrrole nitrogens is 1. The van der Waals surface area contributed by atoms with E-state index < -0.39 is 49.2 Å². The van der Waals surface area contributed by atoms with E-state index in [9.17, 15) is 34.2 Å². The molecule has 0 aromatic carbocycles. The summed E-state index contributed by atoms with van der Waals surface area (Å²) in [6.07, 6.45) is -4.80. The smallest absolute Gasteiger partial charge is 0.362 e. The van der Waals surface area contributed by atoms with E-state index in [0.29, 0.717) is 4.57 Å². The third-order valence-electron chi connectivity index (χ3n) is 3.24. The minimum atomic E-state index is -5.30. The zero-order valence-electron chi connectivity index (χ0n) is 10.4. The van der Waals surface area contributed by atoms with Gasteiger partial charge in [0.25, 0.3) is 5.56 Å². The van der Waals surface area contributed by atoms with Crippen LogP contribution in [0.2, 0.25) is 0 Å². The number of aliphatic hydroxyl groups excluding tert-OH is 2. The molecule has 0 aliphatic carbocycles. The van der Waals surface area contributed by atoms with Crippen molar-refractivity contribution < 1.29 is 34.4 Å². The molecule has 0 unspecified atom stereocenters. The first-order chi connectivity index (χ1) is 9.62. The molecule has 2 heterocycles. The van der Waals surface area contributed by atoms with Gasteiger partial charge in [-0.25, -0.2) is 4.79 Å². The van der Waals surface area contributed by atoms with E-state index in [-0.39, 0.29) is 0 Å². The highest BCUT2D eigenvalue weighted by Gasteiger charge is 2.65. The van der Waals surface area contributed by atoms with Gasteiger partial charge in [0.2, 0.25) is 5.34 Å². The maximum atomic E-state index is 11.6. The predicted octanol–water partition coefficient (Wildman–Crippen LogP) is -3.35. The van der Waals surface area contributed by atoms with Crippen LogP contribution in [0.4, 0.5) is 0 Å². The molecule has 1 aliphatic heterocycles. The van der Waals surface area contributed by atoms with Gasteiger partial charge in [0.05, 0.1) is 6.61 Å². The number of rotatable bonds is 3. The van der Waals surface area contributed by atoms with Crippen molar-refractivity contribution in [1.29, 1.82) is 0 Å². The van der Waals surface area contributed by atoms with Crippen molar-refractivity contribution in [3.63, 3.8) is 0 Å². The molecule has 0 bridgehead atoms. The Bertz CT molecular complexity index is 693. The van der Waals surface area contributed by atoms with Crippen molar-refractivity contribution in [2.45, 2.75) is 23.8 Å². The van der Waals surface area contributed by atoms with Crippen LogP contribution in [0.5, 0.6) is 0 Å². The second kappa shape index (κ2) is 5.14. The first-order valence-corrected chi connectivity index (χ1v) is 7.28. The van der Waals surface area contributed by atoms with Crippen LogP contribution in [-0.4, -0.2) is 58.8 Å². The number of hydrogen-bond donors (Lipinski definition) is 6. The molecule has 11 nitrogen and oxygen atoms in total. The van der Waals surface area contributed by atoms with Gasteiger partial charge in [-0.2, -0.15) is 0 Å². The topological polar surface area (TPSA) is 182 Å². The van der Waals surface area contributed by atoms with E-state index in [1.807, 2.05) is 4.98 Å². The van der Waals surface area contributed by atoms with Crippen molar-refractivity contribution >= 4 is 7.60 Å². The highest BCUT2D eigenvalue weighted by molar-refractivity contribution is 7.53. The van der Waals surface area contributed by atoms with Crippen LogP contribution in [0.25, 0.3) is 0 Å². The summed E-state index contributed by atoms with van der Waals surface area (Å²) in [5, 5.41) is 26.0. The molecule has 2 rings (SSSR count). The van der Waals surface area contributed by atoms with Crippen molar-refractivity contribution in [2.75, 3.05) is 6.61 Å². The van der Waals surface area contributed by atoms with Gasteiger partial charge in [-0.15, -0.1) is 0 Å². The summed E-state index contributed by atoms with van der Waals surface area (Å²) in [5.41, 5.74) is -1.74. The van der Waals surface area contributed by atoms with Gasteiger partial charge in [-0.1, -0.05) is 0 Å². The average Bonchev–Trinajstić information content (AvgIpc) is 2.63. The van der Waals surface area contributed by atoms with E-state index >= 15 is 0 Å². The average molecular weight is 324 g/mol. The highest BCUT2D eigenvalue weighted by Crippen LogP contribution is 2.58. The van der Waals surface area contributed by atoms with Crippen LogP contribution >= 0.6 is 7.60 Å². The van der Waals surface area contributed by atoms with Crippen molar-refractivity contribution in [3.05, 3.63) is 33.1 Å². The summed E-state index contributed by atoms with van der Waals surface area (Å²) in [4.78, 5) is 42.8. The third kappa shape index (κ3) is 2.38. The fourth-order valence-corrected chi connectivity index (χ4v) is 3.12. The molecule has 0 amide bonds. The summed E-state index contributed by atoms with van der Waals surface area (Å²) < 4.78 is 17.0. The third-order valence-corrected chi connectivity index (χ3v) is 4.73. The number of hydrogen-bond acceptors (Lipinski definition) is 7. The van der Waals surface area contributed by atoms with Gasteiger partial charge in [-0.05, 0) is 0 Å². The number of ether oxygens (including phenoxy) is 1. The zero-order valence-corrected chi connectivity index (χ0v) is 11.3. The largest absolute Gasteiger partial charge is 0.394 e. The Morgan fingerprint density at radius 3 is 2.48 bits per heavy atom. The minimum Gasteiger partial charge on any atom is -0.394 e. The van der Waals surface area contributed by atoms with Gasteiger partial charge in [0.15, 0.2) is 6.23 Å². The highest BCUT2D eigenvalue weighted by atomic mass is 31.2. The summed E-state index contributed by atoms with van der Waals surface area (Å²) in [7, 11) is -5.30. The Morgan fingerprint density at radius 2 is 2.05 bits per heavy atom. The number of nitrogens with one attached hydrogen (secondary N) is 1. The Morgan fingerprint density at radius 1 is 1.43 bits per heavy atom. The second-order valence-electron chi connectivity index (χ2n) is 4.49. The number of aromatic nitrogens is 2. The van der Waals surface area contributed by atoms with Gasteiger partial charge in [0, 0.05) is 12.3 Å². The molecule has 6 N–H and O–H groups in total. The van der Waals surface area contributed by atoms with Crippen LogP contribution in [0.3, 0.4) is 0 Å². The molecule has 0 spiro atoms. The lowest BCUT2D eigenvalue weighted by molar-refractivity contribution is -0.0615. The number of aliphatic hydroxyl groups is 3. The zero-order chi connectivity index (χ0) is 16.0. The lowest BCUT2D eigenvalue weighted by Crippen LogP contribution is -2.49. The molecule has 0 saturated carbocycles. The predicted molar refractivity (Wildman–Crippen MR) is 65.3 cm³/mol. The Kier molecular flexibility index (Phi) is 3.93. The molecule has 1 fully saturated rings. The molecule has 0 radical (unpaired) electrons. The lowest BCUT2D eigenvalue weighted by Gasteiger charge is -2.30. The first kappa shape index (κ1) is 16.0. The molecule has 4 atom stereocenters. The Hall–Kier alpha value is -1.33.